The van der Waals surface area contributed by atoms with E-state index in [2.05, 4.69) is 10.1 Å². The van der Waals surface area contributed by atoms with Crippen LogP contribution in [0.1, 0.15) is 40.3 Å². The molecule has 37 heavy (non-hydrogen) atoms. The number of alkyl halides is 3. The number of carbonyl (C=O) groups is 1. The van der Waals surface area contributed by atoms with Crippen LogP contribution in [-0.2, 0) is 12.6 Å². The maximum Gasteiger partial charge on any atom is 0.416 e. The third-order valence-corrected chi connectivity index (χ3v) is 5.82. The van der Waals surface area contributed by atoms with E-state index in [1.165, 1.54) is 23.1 Å². The SMILES string of the molecule is C[C@@H](c1ccccc1)N(CCc1nc(-c2cccc([N+](=O)[O-])c2)no1)C(=O)c1ccc(C(F)(F)F)cc1. The Hall–Kier alpha value is -4.54. The first-order chi connectivity index (χ1) is 17.6. The lowest BCUT2D eigenvalue weighted by Crippen LogP contribution is -2.35. The monoisotopic (exact) mass is 510 g/mol. The summed E-state index contributed by atoms with van der Waals surface area (Å²) in [5.41, 5.74) is 0.392. The number of hydrogen-bond acceptors (Lipinski definition) is 6. The summed E-state index contributed by atoms with van der Waals surface area (Å²) in [4.78, 5) is 29.7. The molecular formula is C26H21F3N4O4. The molecule has 0 bridgehead atoms. The summed E-state index contributed by atoms with van der Waals surface area (Å²) >= 11 is 0. The molecule has 0 fully saturated rings. The van der Waals surface area contributed by atoms with Gasteiger partial charge in [0.15, 0.2) is 0 Å². The minimum Gasteiger partial charge on any atom is -0.339 e. The summed E-state index contributed by atoms with van der Waals surface area (Å²) in [5, 5.41) is 14.9. The Kier molecular flexibility index (Phi) is 7.32. The molecule has 0 aliphatic heterocycles. The van der Waals surface area contributed by atoms with Crippen LogP contribution in [0.2, 0.25) is 0 Å². The average molecular weight is 510 g/mol. The number of nitro groups is 1. The molecule has 0 saturated heterocycles. The van der Waals surface area contributed by atoms with Crippen molar-refractivity contribution in [2.24, 2.45) is 0 Å². The Morgan fingerprint density at radius 1 is 1.05 bits per heavy atom. The predicted molar refractivity (Wildman–Crippen MR) is 127 cm³/mol. The van der Waals surface area contributed by atoms with Crippen molar-refractivity contribution in [3.05, 3.63) is 112 Å². The topological polar surface area (TPSA) is 102 Å². The number of aromatic nitrogens is 2. The summed E-state index contributed by atoms with van der Waals surface area (Å²) in [5.74, 6) is -0.0917. The minimum absolute atomic E-state index is 0.110. The molecule has 4 aromatic rings. The van der Waals surface area contributed by atoms with Crippen LogP contribution in [0.25, 0.3) is 11.4 Å². The van der Waals surface area contributed by atoms with Crippen molar-refractivity contribution in [2.45, 2.75) is 25.6 Å². The highest BCUT2D eigenvalue weighted by molar-refractivity contribution is 5.94. The van der Waals surface area contributed by atoms with Gasteiger partial charge in [0.25, 0.3) is 11.6 Å². The molecule has 0 aliphatic rings. The van der Waals surface area contributed by atoms with Crippen LogP contribution in [0.3, 0.4) is 0 Å². The highest BCUT2D eigenvalue weighted by Crippen LogP contribution is 2.30. The van der Waals surface area contributed by atoms with E-state index in [-0.39, 0.29) is 35.9 Å². The first-order valence-corrected chi connectivity index (χ1v) is 11.2. The van der Waals surface area contributed by atoms with Gasteiger partial charge in [-0.15, -0.1) is 0 Å². The number of non-ortho nitro benzene ring substituents is 1. The Morgan fingerprint density at radius 3 is 2.41 bits per heavy atom. The summed E-state index contributed by atoms with van der Waals surface area (Å²) in [6, 6.07) is 18.7. The van der Waals surface area contributed by atoms with Gasteiger partial charge in [-0.2, -0.15) is 18.2 Å². The van der Waals surface area contributed by atoms with Crippen molar-refractivity contribution in [1.82, 2.24) is 15.0 Å². The molecule has 1 heterocycles. The maximum atomic E-state index is 13.4. The van der Waals surface area contributed by atoms with Crippen LogP contribution in [-0.4, -0.2) is 32.4 Å². The molecule has 0 unspecified atom stereocenters. The molecule has 8 nitrogen and oxygen atoms in total. The second-order valence-corrected chi connectivity index (χ2v) is 8.23. The van der Waals surface area contributed by atoms with Gasteiger partial charge < -0.3 is 9.42 Å². The smallest absolute Gasteiger partial charge is 0.339 e. The predicted octanol–water partition coefficient (Wildman–Crippen LogP) is 6.11. The number of carbonyl (C=O) groups excluding carboxylic acids is 1. The zero-order chi connectivity index (χ0) is 26.6. The van der Waals surface area contributed by atoms with Crippen LogP contribution in [0, 0.1) is 10.1 Å². The lowest BCUT2D eigenvalue weighted by atomic mass is 10.0. The molecule has 0 spiro atoms. The molecule has 0 N–H and O–H groups in total. The molecular weight excluding hydrogens is 489 g/mol. The third-order valence-electron chi connectivity index (χ3n) is 5.82. The van der Waals surface area contributed by atoms with Crippen molar-refractivity contribution in [1.29, 1.82) is 0 Å². The summed E-state index contributed by atoms with van der Waals surface area (Å²) in [6.45, 7) is 1.95. The van der Waals surface area contributed by atoms with Gasteiger partial charge in [0.05, 0.1) is 16.5 Å². The molecule has 0 radical (unpaired) electrons. The van der Waals surface area contributed by atoms with Crippen LogP contribution >= 0.6 is 0 Å². The van der Waals surface area contributed by atoms with Gasteiger partial charge in [0.1, 0.15) is 0 Å². The van der Waals surface area contributed by atoms with E-state index >= 15 is 0 Å². The largest absolute Gasteiger partial charge is 0.416 e. The van der Waals surface area contributed by atoms with E-state index in [9.17, 15) is 28.1 Å². The lowest BCUT2D eigenvalue weighted by molar-refractivity contribution is -0.384. The fourth-order valence-corrected chi connectivity index (χ4v) is 3.80. The number of amides is 1. The zero-order valence-electron chi connectivity index (χ0n) is 19.6. The lowest BCUT2D eigenvalue weighted by Gasteiger charge is -2.29. The molecule has 0 aliphatic carbocycles. The molecule has 11 heteroatoms. The van der Waals surface area contributed by atoms with Crippen LogP contribution in [0.15, 0.2) is 83.4 Å². The Morgan fingerprint density at radius 2 is 1.76 bits per heavy atom. The van der Waals surface area contributed by atoms with E-state index in [1.54, 1.807) is 6.07 Å². The molecule has 1 aromatic heterocycles. The van der Waals surface area contributed by atoms with Crippen LogP contribution in [0.5, 0.6) is 0 Å². The molecule has 1 atom stereocenters. The molecule has 190 valence electrons. The van der Waals surface area contributed by atoms with Gasteiger partial charge in [-0.3, -0.25) is 14.9 Å². The number of nitrogens with zero attached hydrogens (tertiary/aromatic N) is 4. The van der Waals surface area contributed by atoms with Gasteiger partial charge in [-0.05, 0) is 36.8 Å². The number of halogens is 3. The van der Waals surface area contributed by atoms with Crippen LogP contribution in [0.4, 0.5) is 18.9 Å². The molecule has 4 rings (SSSR count). The van der Waals surface area contributed by atoms with Gasteiger partial charge >= 0.3 is 6.18 Å². The molecule has 3 aromatic carbocycles. The van der Waals surface area contributed by atoms with Gasteiger partial charge in [-0.25, -0.2) is 0 Å². The maximum absolute atomic E-state index is 13.4. The average Bonchev–Trinajstić information content (AvgIpc) is 3.38. The summed E-state index contributed by atoms with van der Waals surface area (Å²) in [7, 11) is 0. The number of nitro benzene ring substituents is 1. The Labute approximate surface area is 209 Å². The van der Waals surface area contributed by atoms with E-state index in [4.69, 9.17) is 4.52 Å². The van der Waals surface area contributed by atoms with Crippen molar-refractivity contribution >= 4 is 11.6 Å². The van der Waals surface area contributed by atoms with E-state index < -0.39 is 28.6 Å². The second-order valence-electron chi connectivity index (χ2n) is 8.23. The number of rotatable bonds is 8. The summed E-state index contributed by atoms with van der Waals surface area (Å²) < 4.78 is 44.2. The van der Waals surface area contributed by atoms with Gasteiger partial charge in [0, 0.05) is 36.2 Å². The molecule has 1 amide bonds. The summed E-state index contributed by atoms with van der Waals surface area (Å²) in [6.07, 6.45) is -4.35. The quantitative estimate of drug-likeness (QED) is 0.209. The number of benzene rings is 3. The van der Waals surface area contributed by atoms with Crippen molar-refractivity contribution in [2.75, 3.05) is 6.54 Å². The molecule has 0 saturated carbocycles. The van der Waals surface area contributed by atoms with Gasteiger partial charge in [0.2, 0.25) is 11.7 Å². The third kappa shape index (κ3) is 6.00. The minimum atomic E-state index is -4.51. The van der Waals surface area contributed by atoms with E-state index in [0.717, 1.165) is 29.8 Å². The highest BCUT2D eigenvalue weighted by atomic mass is 19.4. The standard InChI is InChI=1S/C26H21F3N4O4/c1-17(18-6-3-2-4-7-18)32(25(34)19-10-12-21(13-11-19)26(27,28)29)15-14-23-30-24(31-37-23)20-8-5-9-22(16-20)33(35)36/h2-13,16-17H,14-15H2,1H3/t17-/m0/s1. The normalized spacial score (nSPS) is 12.2. The van der Waals surface area contributed by atoms with Gasteiger partial charge in [-0.1, -0.05) is 47.6 Å². The second kappa shape index (κ2) is 10.6. The van der Waals surface area contributed by atoms with E-state index in [1.807, 2.05) is 37.3 Å². The van der Waals surface area contributed by atoms with Crippen LogP contribution < -0.4 is 0 Å². The number of hydrogen-bond donors (Lipinski definition) is 0. The fourth-order valence-electron chi connectivity index (χ4n) is 3.80. The highest BCUT2D eigenvalue weighted by Gasteiger charge is 2.31. The zero-order valence-corrected chi connectivity index (χ0v) is 19.6. The first-order valence-electron chi connectivity index (χ1n) is 11.2. The van der Waals surface area contributed by atoms with E-state index in [0.29, 0.717) is 5.56 Å². The Balaban J connectivity index is 1.56. The fraction of sp³-hybridized carbons (Fsp3) is 0.192. The van der Waals surface area contributed by atoms with Crippen molar-refractivity contribution in [3.63, 3.8) is 0 Å². The Bertz CT molecular complexity index is 1390. The van der Waals surface area contributed by atoms with Crippen molar-refractivity contribution < 1.29 is 27.4 Å². The van der Waals surface area contributed by atoms with Crippen molar-refractivity contribution in [3.8, 4) is 11.4 Å². The first kappa shape index (κ1) is 25.5.